The summed E-state index contributed by atoms with van der Waals surface area (Å²) in [5, 5.41) is 23.5. The van der Waals surface area contributed by atoms with Crippen LogP contribution in [0.25, 0.3) is 0 Å². The van der Waals surface area contributed by atoms with Gasteiger partial charge >= 0.3 is 10.3 Å². The first-order chi connectivity index (χ1) is 17.0. The second-order valence-electron chi connectivity index (χ2n) is 8.88. The molecule has 2 aromatic heterocycles. The van der Waals surface area contributed by atoms with E-state index in [1.165, 1.54) is 12.5 Å². The lowest BCUT2D eigenvalue weighted by Crippen LogP contribution is -2.24. The van der Waals surface area contributed by atoms with Crippen LogP contribution in [0.1, 0.15) is 53.1 Å². The minimum absolute atomic E-state index is 0.147. The first-order valence-electron chi connectivity index (χ1n) is 11.3. The number of anilines is 1. The first-order valence-corrected chi connectivity index (χ1v) is 13.1. The van der Waals surface area contributed by atoms with Crippen LogP contribution in [0.3, 0.4) is 0 Å². The molecule has 0 spiro atoms. The molecule has 192 valence electrons. The van der Waals surface area contributed by atoms with Gasteiger partial charge in [0.1, 0.15) is 17.8 Å². The standard InChI is InChI=1S/C23H27ClN6O5S/c1-13-6-20(29-30(13)14(2)15-4-3-5-17(24)7-15)22(32)19-10-26-12-27-23(19)28-18-8-16(21(31)9-18)11-35-36(25,33)34/h3-7,10,12,14,16,18,21,31H,8-9,11H2,1-2H3,(H2,25,33,34)(H,26,27,28)/t14-,16+,18+,21-/m0/s1. The lowest BCUT2D eigenvalue weighted by Gasteiger charge is -2.16. The topological polar surface area (TPSA) is 162 Å². The number of nitrogens with zero attached hydrogens (tertiary/aromatic N) is 4. The van der Waals surface area contributed by atoms with Gasteiger partial charge in [0.25, 0.3) is 0 Å². The number of carbonyl (C=O) groups excluding carboxylic acids is 1. The zero-order valence-electron chi connectivity index (χ0n) is 19.7. The van der Waals surface area contributed by atoms with Crippen molar-refractivity contribution < 1.29 is 22.5 Å². The van der Waals surface area contributed by atoms with E-state index >= 15 is 0 Å². The van der Waals surface area contributed by atoms with Crippen molar-refractivity contribution in [2.75, 3.05) is 11.9 Å². The van der Waals surface area contributed by atoms with Crippen LogP contribution >= 0.6 is 11.6 Å². The van der Waals surface area contributed by atoms with Gasteiger partial charge in [-0.15, -0.1) is 0 Å². The third-order valence-electron chi connectivity index (χ3n) is 6.25. The van der Waals surface area contributed by atoms with Crippen molar-refractivity contribution in [3.05, 3.63) is 70.4 Å². The summed E-state index contributed by atoms with van der Waals surface area (Å²) in [4.78, 5) is 21.6. The summed E-state index contributed by atoms with van der Waals surface area (Å²) in [6.07, 6.45) is 2.66. The second kappa shape index (κ2) is 10.6. The number of aromatic nitrogens is 4. The molecule has 4 atom stereocenters. The van der Waals surface area contributed by atoms with Crippen molar-refractivity contribution in [2.24, 2.45) is 11.1 Å². The molecule has 1 fully saturated rings. The van der Waals surface area contributed by atoms with Crippen molar-refractivity contribution in [2.45, 2.75) is 44.9 Å². The van der Waals surface area contributed by atoms with E-state index in [2.05, 4.69) is 24.6 Å². The summed E-state index contributed by atoms with van der Waals surface area (Å²) in [7, 11) is -4.10. The Bertz CT molecular complexity index is 1360. The van der Waals surface area contributed by atoms with E-state index in [1.54, 1.807) is 16.8 Å². The SMILES string of the molecule is Cc1cc(C(=O)c2cncnc2N[C@@H]2C[C@H](COS(N)(=O)=O)[C@@H](O)C2)nn1[C@@H](C)c1cccc(Cl)c1. The highest BCUT2D eigenvalue weighted by molar-refractivity contribution is 7.84. The Hall–Kier alpha value is -2.90. The number of aliphatic hydroxyl groups is 1. The molecule has 0 amide bonds. The Labute approximate surface area is 213 Å². The molecule has 11 nitrogen and oxygen atoms in total. The number of aliphatic hydroxyl groups excluding tert-OH is 1. The average Bonchev–Trinajstić information content (AvgIpc) is 3.38. The fourth-order valence-corrected chi connectivity index (χ4v) is 4.99. The Morgan fingerprint density at radius 1 is 1.36 bits per heavy atom. The number of benzene rings is 1. The maximum Gasteiger partial charge on any atom is 0.333 e. The van der Waals surface area contributed by atoms with E-state index in [-0.39, 0.29) is 35.7 Å². The smallest absolute Gasteiger partial charge is 0.333 e. The molecule has 1 aliphatic carbocycles. The average molecular weight is 535 g/mol. The summed E-state index contributed by atoms with van der Waals surface area (Å²) >= 11 is 6.14. The number of nitrogens with one attached hydrogen (secondary N) is 1. The van der Waals surface area contributed by atoms with Gasteiger partial charge in [-0.3, -0.25) is 13.7 Å². The minimum Gasteiger partial charge on any atom is -0.393 e. The molecule has 1 aliphatic rings. The van der Waals surface area contributed by atoms with Crippen molar-refractivity contribution >= 4 is 33.5 Å². The van der Waals surface area contributed by atoms with Crippen molar-refractivity contribution in [1.29, 1.82) is 0 Å². The van der Waals surface area contributed by atoms with Gasteiger partial charge in [-0.05, 0) is 50.5 Å². The number of halogens is 1. The maximum atomic E-state index is 13.4. The van der Waals surface area contributed by atoms with Crippen molar-refractivity contribution in [3.8, 4) is 0 Å². The molecule has 13 heteroatoms. The van der Waals surface area contributed by atoms with E-state index in [4.69, 9.17) is 16.7 Å². The molecule has 1 saturated carbocycles. The summed E-state index contributed by atoms with van der Waals surface area (Å²) in [5.74, 6) is -0.491. The highest BCUT2D eigenvalue weighted by Crippen LogP contribution is 2.30. The molecule has 0 aliphatic heterocycles. The normalized spacial score (nSPS) is 20.9. The fourth-order valence-electron chi connectivity index (χ4n) is 4.42. The molecule has 3 aromatic rings. The van der Waals surface area contributed by atoms with Crippen LogP contribution in [0.4, 0.5) is 5.82 Å². The predicted molar refractivity (Wildman–Crippen MR) is 133 cm³/mol. The summed E-state index contributed by atoms with van der Waals surface area (Å²) in [6.45, 7) is 3.62. The van der Waals surface area contributed by atoms with Crippen LogP contribution < -0.4 is 10.5 Å². The van der Waals surface area contributed by atoms with Crippen LogP contribution in [0.2, 0.25) is 5.02 Å². The first kappa shape index (κ1) is 26.2. The number of ketones is 1. The zero-order chi connectivity index (χ0) is 26.0. The number of aryl methyl sites for hydroxylation is 1. The van der Waals surface area contributed by atoms with Crippen LogP contribution in [0.15, 0.2) is 42.9 Å². The third-order valence-corrected chi connectivity index (χ3v) is 6.95. The van der Waals surface area contributed by atoms with Crippen LogP contribution in [-0.2, 0) is 14.5 Å². The van der Waals surface area contributed by atoms with Gasteiger partial charge in [-0.1, -0.05) is 23.7 Å². The fraction of sp³-hybridized carbons (Fsp3) is 0.391. The van der Waals surface area contributed by atoms with Crippen molar-refractivity contribution in [1.82, 2.24) is 19.7 Å². The maximum absolute atomic E-state index is 13.4. The molecular weight excluding hydrogens is 508 g/mol. The number of hydrogen-bond acceptors (Lipinski definition) is 9. The zero-order valence-corrected chi connectivity index (χ0v) is 21.3. The van der Waals surface area contributed by atoms with Gasteiger partial charge in [0.15, 0.2) is 0 Å². The Morgan fingerprint density at radius 2 is 2.14 bits per heavy atom. The quantitative estimate of drug-likeness (QED) is 0.349. The number of hydrogen-bond donors (Lipinski definition) is 3. The summed E-state index contributed by atoms with van der Waals surface area (Å²) < 4.78 is 28.6. The third kappa shape index (κ3) is 6.08. The van der Waals surface area contributed by atoms with Gasteiger partial charge in [0, 0.05) is 28.9 Å². The molecule has 2 heterocycles. The molecular formula is C23H27ClN6O5S. The van der Waals surface area contributed by atoms with Crippen molar-refractivity contribution in [3.63, 3.8) is 0 Å². The van der Waals surface area contributed by atoms with Crippen LogP contribution in [-0.4, -0.2) is 57.8 Å². The second-order valence-corrected chi connectivity index (χ2v) is 10.5. The molecule has 0 radical (unpaired) electrons. The van der Waals surface area contributed by atoms with Gasteiger partial charge in [0.2, 0.25) is 5.78 Å². The molecule has 0 unspecified atom stereocenters. The summed E-state index contributed by atoms with van der Waals surface area (Å²) in [6, 6.07) is 8.77. The van der Waals surface area contributed by atoms with E-state index in [1.807, 2.05) is 32.0 Å². The van der Waals surface area contributed by atoms with Crippen LogP contribution in [0, 0.1) is 12.8 Å². The molecule has 4 rings (SSSR count). The molecule has 0 saturated heterocycles. The molecule has 0 bridgehead atoms. The van der Waals surface area contributed by atoms with Gasteiger partial charge in [-0.2, -0.15) is 13.5 Å². The molecule has 36 heavy (non-hydrogen) atoms. The minimum atomic E-state index is -4.10. The van der Waals surface area contributed by atoms with Crippen LogP contribution in [0.5, 0.6) is 0 Å². The molecule has 1 aromatic carbocycles. The number of nitrogens with two attached hydrogens (primary N) is 1. The van der Waals surface area contributed by atoms with E-state index in [0.29, 0.717) is 23.7 Å². The largest absolute Gasteiger partial charge is 0.393 e. The van der Waals surface area contributed by atoms with Gasteiger partial charge in [0.05, 0.1) is 24.3 Å². The number of rotatable bonds is 9. The number of carbonyl (C=O) groups is 1. The Morgan fingerprint density at radius 3 is 2.86 bits per heavy atom. The summed E-state index contributed by atoms with van der Waals surface area (Å²) in [5.41, 5.74) is 2.23. The van der Waals surface area contributed by atoms with E-state index < -0.39 is 22.3 Å². The van der Waals surface area contributed by atoms with Gasteiger partial charge in [-0.25, -0.2) is 15.1 Å². The molecule has 4 N–H and O–H groups in total. The van der Waals surface area contributed by atoms with E-state index in [9.17, 15) is 18.3 Å². The Balaban J connectivity index is 1.51. The van der Waals surface area contributed by atoms with E-state index in [0.717, 1.165) is 11.3 Å². The Kier molecular flexibility index (Phi) is 7.71. The highest BCUT2D eigenvalue weighted by Gasteiger charge is 2.35. The van der Waals surface area contributed by atoms with Gasteiger partial charge < -0.3 is 10.4 Å². The monoisotopic (exact) mass is 534 g/mol. The lowest BCUT2D eigenvalue weighted by atomic mass is 10.1. The predicted octanol–water partition coefficient (Wildman–Crippen LogP) is 2.25. The highest BCUT2D eigenvalue weighted by atomic mass is 35.5. The lowest BCUT2D eigenvalue weighted by molar-refractivity contribution is 0.101.